The van der Waals surface area contributed by atoms with Crippen LogP contribution in [0.5, 0.6) is 0 Å². The van der Waals surface area contributed by atoms with Gasteiger partial charge in [0.2, 0.25) is 0 Å². The summed E-state index contributed by atoms with van der Waals surface area (Å²) in [5, 5.41) is 16.3. The molecule has 0 unspecified atom stereocenters. The summed E-state index contributed by atoms with van der Waals surface area (Å²) in [6.07, 6.45) is 0. The lowest BCUT2D eigenvalue weighted by Crippen LogP contribution is -2.21. The number of benzene rings is 9. The van der Waals surface area contributed by atoms with Crippen LogP contribution in [-0.4, -0.2) is 0 Å². The van der Waals surface area contributed by atoms with Crippen LogP contribution in [0.4, 0.5) is 0 Å². The molecule has 0 heterocycles. The Hall–Kier alpha value is -11.0. The second-order valence-electron chi connectivity index (χ2n) is 16.4. The molecular formula is C72H36. The van der Waals surface area contributed by atoms with E-state index in [1.165, 1.54) is 0 Å². The highest BCUT2D eigenvalue weighted by molar-refractivity contribution is 5.48. The van der Waals surface area contributed by atoms with E-state index in [9.17, 15) is 0 Å². The van der Waals surface area contributed by atoms with Gasteiger partial charge in [0.25, 0.3) is 0 Å². The van der Waals surface area contributed by atoms with E-state index in [2.05, 4.69) is 103 Å². The van der Waals surface area contributed by atoms with Crippen LogP contribution in [0, 0.1) is 0 Å². The summed E-state index contributed by atoms with van der Waals surface area (Å²) in [4.78, 5) is 0. The quantitative estimate of drug-likeness (QED) is 0.204. The van der Waals surface area contributed by atoms with Crippen molar-refractivity contribution in [3.63, 3.8) is 0 Å². The summed E-state index contributed by atoms with van der Waals surface area (Å²) in [7, 11) is 0. The fourth-order valence-corrected chi connectivity index (χ4v) is 7.09. The molecule has 0 radical (unpaired) electrons. The molecule has 13 aliphatic rings. The van der Waals surface area contributed by atoms with Crippen LogP contribution < -0.4 is 93.9 Å². The normalized spacial score (nSPS) is 10.5. The van der Waals surface area contributed by atoms with Crippen molar-refractivity contribution < 1.29 is 0 Å². The van der Waals surface area contributed by atoms with E-state index in [0.717, 1.165) is 93.9 Å². The molecule has 0 aliphatic heterocycles. The van der Waals surface area contributed by atoms with Crippen molar-refractivity contribution in [3.8, 4) is 0 Å². The summed E-state index contributed by atoms with van der Waals surface area (Å²) in [6, 6.07) is 71.8. The summed E-state index contributed by atoms with van der Waals surface area (Å²) in [5.74, 6) is 0. The highest BCUT2D eigenvalue weighted by Gasteiger charge is 1.85. The molecule has 0 saturated carbocycles. The first-order valence-electron chi connectivity index (χ1n) is 23.1. The van der Waals surface area contributed by atoms with Gasteiger partial charge < -0.3 is 0 Å². The topological polar surface area (TPSA) is 0 Å². The van der Waals surface area contributed by atoms with Crippen molar-refractivity contribution in [2.24, 2.45) is 0 Å². The van der Waals surface area contributed by atoms with Gasteiger partial charge in [-0.1, -0.05) is 115 Å². The fourth-order valence-electron chi connectivity index (χ4n) is 7.09. The van der Waals surface area contributed by atoms with Gasteiger partial charge in [0.1, 0.15) is 0 Å². The van der Waals surface area contributed by atoms with E-state index in [1.807, 2.05) is 218 Å². The Bertz CT molecular complexity index is 4930. The zero-order valence-corrected chi connectivity index (χ0v) is 38.8. The first-order chi connectivity index (χ1) is 35.6. The number of hydrogen-bond donors (Lipinski definition) is 0. The zero-order valence-electron chi connectivity index (χ0n) is 38.8. The number of rotatable bonds is 0. The first kappa shape index (κ1) is 44.8. The molecule has 0 amide bonds. The predicted molar refractivity (Wildman–Crippen MR) is 293 cm³/mol. The van der Waals surface area contributed by atoms with E-state index < -0.39 is 0 Å². The average molecular weight is 901 g/mol. The van der Waals surface area contributed by atoms with Crippen molar-refractivity contribution in [1.82, 2.24) is 0 Å². The van der Waals surface area contributed by atoms with Gasteiger partial charge in [-0.3, -0.25) is 0 Å². The molecule has 0 spiro atoms. The Labute approximate surface area is 413 Å². The van der Waals surface area contributed by atoms with Gasteiger partial charge in [-0.05, 0) is 206 Å². The maximum atomic E-state index is 3.32. The highest BCUT2D eigenvalue weighted by Crippen LogP contribution is 1.77. The Kier molecular flexibility index (Phi) is 13.8. The summed E-state index contributed by atoms with van der Waals surface area (Å²) >= 11 is 0. The van der Waals surface area contributed by atoms with E-state index in [0.29, 0.717) is 0 Å². The molecular weight excluding hydrogens is 865 g/mol. The Morgan fingerprint density at radius 2 is 0.208 bits per heavy atom. The van der Waals surface area contributed by atoms with Crippen molar-refractivity contribution in [3.05, 3.63) is 312 Å². The van der Waals surface area contributed by atoms with Gasteiger partial charge in [0.05, 0.1) is 0 Å². The predicted octanol–water partition coefficient (Wildman–Crippen LogP) is 0.137. The third kappa shape index (κ3) is 12.7. The van der Waals surface area contributed by atoms with Gasteiger partial charge in [-0.2, -0.15) is 0 Å². The summed E-state index contributed by atoms with van der Waals surface area (Å²) in [5.41, 5.74) is 58.9. The molecule has 0 fully saturated rings. The molecule has 0 N–H and O–H groups in total. The van der Waals surface area contributed by atoms with E-state index in [4.69, 9.17) is 0 Å². The SMILES string of the molecule is C1=C=c2ccc(cc2)=C=C=c2ccc(cc2)=C=C=c2ccc(cc2)=C=C=c2ccc(cc2)=C=C=c2ccccc2=C=C=c2ccc(cc2)=C=C=c2ccc(cc2)=C=C=c2ccc(cc2)=C=C=c2ccc=1cc2. The van der Waals surface area contributed by atoms with Crippen LogP contribution in [0.25, 0.3) is 103 Å². The smallest absolute Gasteiger partial charge is 0.0405 e. The molecule has 9 aromatic rings. The minimum absolute atomic E-state index is 0.867. The molecule has 0 aromatic heterocycles. The molecule has 16 bridgehead atoms. The second-order valence-corrected chi connectivity index (χ2v) is 16.4. The van der Waals surface area contributed by atoms with E-state index in [-0.39, 0.29) is 0 Å². The summed E-state index contributed by atoms with van der Waals surface area (Å²) < 4.78 is 0. The van der Waals surface area contributed by atoms with Crippen molar-refractivity contribution in [2.75, 3.05) is 0 Å². The van der Waals surface area contributed by atoms with Gasteiger partial charge in [0.15, 0.2) is 0 Å². The minimum atomic E-state index is 0.867. The Balaban J connectivity index is 1.09. The van der Waals surface area contributed by atoms with Crippen LogP contribution >= 0.6 is 0 Å². The van der Waals surface area contributed by atoms with E-state index >= 15 is 0 Å². The van der Waals surface area contributed by atoms with Crippen LogP contribution in [0.2, 0.25) is 0 Å². The molecule has 22 rings (SSSR count). The minimum Gasteiger partial charge on any atom is -0.0617 e. The molecule has 0 heteroatoms. The van der Waals surface area contributed by atoms with E-state index in [1.54, 1.807) is 0 Å². The third-order valence-electron chi connectivity index (χ3n) is 11.1. The maximum absolute atomic E-state index is 3.32. The van der Waals surface area contributed by atoms with Crippen LogP contribution in [0.15, 0.2) is 218 Å². The third-order valence-corrected chi connectivity index (χ3v) is 11.1. The van der Waals surface area contributed by atoms with Gasteiger partial charge in [0, 0.05) is 93.9 Å². The van der Waals surface area contributed by atoms with Gasteiger partial charge in [-0.25, -0.2) is 0 Å². The standard InChI is InChI=1S/C72H36/c1-2-4-72-54-52-70-49-45-68(46-50-70)42-40-66-37-33-64(34-38-66)30-28-62-25-21-60(22-26-62)18-16-58-13-9-56(10-14-58)6-5-55-7-11-57(12-8-55)15-17-59-19-23-61(24-20-59)27-29-63-31-35-65(36-32-63)39-41-67-43-47-69(48-44-67)51-53-71(72)3-1/h1-4,7-14,19-26,31-38,43-50H. The lowest BCUT2D eigenvalue weighted by molar-refractivity contribution is 1.53. The highest BCUT2D eigenvalue weighted by atomic mass is 13.9. The summed E-state index contributed by atoms with van der Waals surface area (Å²) in [6.45, 7) is 0. The fraction of sp³-hybridized carbons (Fsp3) is 0. The lowest BCUT2D eigenvalue weighted by atomic mass is 10.2. The molecule has 0 atom stereocenters. The molecule has 0 nitrogen and oxygen atoms in total. The van der Waals surface area contributed by atoms with Crippen molar-refractivity contribution >= 4 is 103 Å². The number of hydrogen-bond acceptors (Lipinski definition) is 0. The zero-order chi connectivity index (χ0) is 48.6. The molecule has 9 aromatic carbocycles. The largest absolute Gasteiger partial charge is 0.0617 e. The molecule has 324 valence electrons. The molecule has 72 heavy (non-hydrogen) atoms. The molecule has 13 aliphatic carbocycles. The second kappa shape index (κ2) is 22.2. The lowest BCUT2D eigenvalue weighted by Gasteiger charge is -1.83. The van der Waals surface area contributed by atoms with Gasteiger partial charge in [-0.15, -0.1) is 0 Å². The average Bonchev–Trinajstić information content (AvgIpc) is 3.44. The Morgan fingerprint density at radius 3 is 0.319 bits per heavy atom. The van der Waals surface area contributed by atoms with Crippen molar-refractivity contribution in [2.45, 2.75) is 0 Å². The Morgan fingerprint density at radius 1 is 0.111 bits per heavy atom. The monoisotopic (exact) mass is 900 g/mol. The van der Waals surface area contributed by atoms with Crippen LogP contribution in [-0.2, 0) is 0 Å². The molecule has 0 saturated heterocycles. The first-order valence-corrected chi connectivity index (χ1v) is 23.1. The maximum Gasteiger partial charge on any atom is 0.0405 e. The van der Waals surface area contributed by atoms with Crippen LogP contribution in [0.3, 0.4) is 0 Å². The van der Waals surface area contributed by atoms with Crippen LogP contribution in [0.1, 0.15) is 0 Å². The van der Waals surface area contributed by atoms with Crippen molar-refractivity contribution in [1.29, 1.82) is 0 Å². The van der Waals surface area contributed by atoms with Gasteiger partial charge >= 0.3 is 0 Å².